The van der Waals surface area contributed by atoms with Crippen LogP contribution < -0.4 is 10.6 Å². The zero-order valence-corrected chi connectivity index (χ0v) is 24.2. The maximum Gasteiger partial charge on any atom is 0.408 e. The normalized spacial score (nSPS) is 13.2. The Morgan fingerprint density at radius 2 is 1.51 bits per heavy atom. The molecule has 0 fully saturated rings. The summed E-state index contributed by atoms with van der Waals surface area (Å²) in [4.78, 5) is 42.3. The summed E-state index contributed by atoms with van der Waals surface area (Å²) >= 11 is 0. The number of rotatable bonds is 8. The fourth-order valence-electron chi connectivity index (χ4n) is 4.54. The van der Waals surface area contributed by atoms with Crippen molar-refractivity contribution in [3.63, 3.8) is 0 Å². The average Bonchev–Trinajstić information content (AvgIpc) is 2.83. The second kappa shape index (κ2) is 12.3. The maximum absolute atomic E-state index is 14.1. The summed E-state index contributed by atoms with van der Waals surface area (Å²) in [6, 6.07) is 19.1. The fourth-order valence-corrected chi connectivity index (χ4v) is 4.54. The van der Waals surface area contributed by atoms with Gasteiger partial charge in [0.05, 0.1) is 0 Å². The number of alkyl carbamates (subject to hydrolysis) is 1. The molecule has 7 nitrogen and oxygen atoms in total. The van der Waals surface area contributed by atoms with Crippen LogP contribution in [-0.4, -0.2) is 40.5 Å². The number of hydrogen-bond acceptors (Lipinski definition) is 4. The van der Waals surface area contributed by atoms with Crippen LogP contribution in [0.25, 0.3) is 10.8 Å². The third-order valence-corrected chi connectivity index (χ3v) is 6.32. The Hall–Kier alpha value is -3.87. The van der Waals surface area contributed by atoms with Crippen LogP contribution in [-0.2, 0) is 14.3 Å². The van der Waals surface area contributed by atoms with E-state index in [0.29, 0.717) is 11.3 Å². The Balaban J connectivity index is 2.01. The molecule has 3 aromatic rings. The summed E-state index contributed by atoms with van der Waals surface area (Å²) in [6.45, 7) is 14.7. The number of carbonyl (C=O) groups is 3. The number of benzene rings is 3. The highest BCUT2D eigenvalue weighted by molar-refractivity contribution is 6.00. The lowest BCUT2D eigenvalue weighted by Gasteiger charge is -2.38. The summed E-state index contributed by atoms with van der Waals surface area (Å²) in [7, 11) is 0. The van der Waals surface area contributed by atoms with Crippen LogP contribution in [0.2, 0.25) is 0 Å². The van der Waals surface area contributed by atoms with Gasteiger partial charge in [-0.3, -0.25) is 9.59 Å². The largest absolute Gasteiger partial charge is 0.444 e. The molecule has 0 aliphatic carbocycles. The second-order valence-electron chi connectivity index (χ2n) is 11.6. The van der Waals surface area contributed by atoms with E-state index in [9.17, 15) is 14.4 Å². The predicted molar refractivity (Wildman–Crippen MR) is 156 cm³/mol. The van der Waals surface area contributed by atoms with Crippen LogP contribution in [0.5, 0.6) is 0 Å². The van der Waals surface area contributed by atoms with Crippen LogP contribution in [0.3, 0.4) is 0 Å². The van der Waals surface area contributed by atoms with Crippen molar-refractivity contribution in [1.82, 2.24) is 10.2 Å². The Morgan fingerprint density at radius 3 is 2.10 bits per heavy atom. The lowest BCUT2D eigenvalue weighted by Crippen LogP contribution is -2.56. The van der Waals surface area contributed by atoms with Gasteiger partial charge < -0.3 is 20.3 Å². The summed E-state index contributed by atoms with van der Waals surface area (Å²) in [5, 5.41) is 7.86. The lowest BCUT2D eigenvalue weighted by atomic mass is 9.96. The lowest BCUT2D eigenvalue weighted by molar-refractivity contribution is -0.143. The SMILES string of the molecule is Cc1cccc(C(C(=O)Nc2ccc3ccccc3c2)N(C(=O)C(NC(=O)OC(C)(C)C)C(C)C)C(C)C)c1. The Kier molecular flexibility index (Phi) is 9.38. The van der Waals surface area contributed by atoms with Crippen LogP contribution in [0.1, 0.15) is 65.6 Å². The van der Waals surface area contributed by atoms with Gasteiger partial charge in [0.2, 0.25) is 5.91 Å². The number of hydrogen-bond donors (Lipinski definition) is 2. The first-order valence-corrected chi connectivity index (χ1v) is 13.4. The first-order valence-electron chi connectivity index (χ1n) is 13.4. The van der Waals surface area contributed by atoms with Crippen LogP contribution in [0.4, 0.5) is 10.5 Å². The third-order valence-electron chi connectivity index (χ3n) is 6.32. The van der Waals surface area contributed by atoms with E-state index >= 15 is 0 Å². The minimum absolute atomic E-state index is 0.243. The zero-order chi connectivity index (χ0) is 28.9. The van der Waals surface area contributed by atoms with Crippen molar-refractivity contribution < 1.29 is 19.1 Å². The molecule has 0 spiro atoms. The molecule has 0 bridgehead atoms. The number of nitrogens with one attached hydrogen (secondary N) is 2. The summed E-state index contributed by atoms with van der Waals surface area (Å²) in [5.74, 6) is -0.934. The highest BCUT2D eigenvalue weighted by Gasteiger charge is 2.39. The summed E-state index contributed by atoms with van der Waals surface area (Å²) in [6.07, 6.45) is -0.675. The monoisotopic (exact) mass is 531 g/mol. The van der Waals surface area contributed by atoms with Gasteiger partial charge in [-0.05, 0) is 75.9 Å². The van der Waals surface area contributed by atoms with Crippen LogP contribution in [0, 0.1) is 12.8 Å². The molecule has 0 heterocycles. The van der Waals surface area contributed by atoms with Crippen molar-refractivity contribution in [2.75, 3.05) is 5.32 Å². The maximum atomic E-state index is 14.1. The smallest absolute Gasteiger partial charge is 0.408 e. The standard InChI is InChI=1S/C32H41N3O4/c1-20(2)27(34-31(38)39-32(6,7)8)30(37)35(21(3)4)28(25-15-11-12-22(5)18-25)29(36)33-26-17-16-23-13-9-10-14-24(23)19-26/h9-21,27-28H,1-8H3,(H,33,36)(H,34,38). The van der Waals surface area contributed by atoms with E-state index in [0.717, 1.165) is 16.3 Å². The molecule has 2 unspecified atom stereocenters. The van der Waals surface area contributed by atoms with E-state index in [4.69, 9.17) is 4.74 Å². The molecule has 3 rings (SSSR count). The molecule has 2 N–H and O–H groups in total. The molecule has 0 saturated heterocycles. The Bertz CT molecular complexity index is 1330. The second-order valence-corrected chi connectivity index (χ2v) is 11.6. The van der Waals surface area contributed by atoms with E-state index in [1.54, 1.807) is 25.7 Å². The Morgan fingerprint density at radius 1 is 0.846 bits per heavy atom. The van der Waals surface area contributed by atoms with E-state index in [1.165, 1.54) is 0 Å². The van der Waals surface area contributed by atoms with Gasteiger partial charge in [-0.15, -0.1) is 0 Å². The molecule has 208 valence electrons. The highest BCUT2D eigenvalue weighted by atomic mass is 16.6. The van der Waals surface area contributed by atoms with Crippen molar-refractivity contribution in [3.05, 3.63) is 77.9 Å². The predicted octanol–water partition coefficient (Wildman–Crippen LogP) is 6.61. The summed E-state index contributed by atoms with van der Waals surface area (Å²) in [5.41, 5.74) is 1.59. The first-order chi connectivity index (χ1) is 18.3. The third kappa shape index (κ3) is 7.82. The van der Waals surface area contributed by atoms with Gasteiger partial charge in [-0.25, -0.2) is 4.79 Å². The number of aryl methyl sites for hydroxylation is 1. The molecule has 3 aromatic carbocycles. The van der Waals surface area contributed by atoms with Crippen molar-refractivity contribution in [1.29, 1.82) is 0 Å². The molecule has 0 radical (unpaired) electrons. The molecular weight excluding hydrogens is 490 g/mol. The number of carbonyl (C=O) groups excluding carboxylic acids is 3. The first kappa shape index (κ1) is 29.7. The van der Waals surface area contributed by atoms with E-state index in [2.05, 4.69) is 10.6 Å². The minimum Gasteiger partial charge on any atom is -0.444 e. The van der Waals surface area contributed by atoms with Gasteiger partial charge in [0.1, 0.15) is 17.7 Å². The van der Waals surface area contributed by atoms with Crippen molar-refractivity contribution >= 4 is 34.4 Å². The molecule has 0 aromatic heterocycles. The topological polar surface area (TPSA) is 87.7 Å². The van der Waals surface area contributed by atoms with E-state index in [-0.39, 0.29) is 23.8 Å². The molecule has 2 atom stereocenters. The molecule has 0 saturated carbocycles. The van der Waals surface area contributed by atoms with Gasteiger partial charge in [-0.2, -0.15) is 0 Å². The van der Waals surface area contributed by atoms with Crippen molar-refractivity contribution in [3.8, 4) is 0 Å². The van der Waals surface area contributed by atoms with E-state index < -0.39 is 23.8 Å². The van der Waals surface area contributed by atoms with Gasteiger partial charge in [0.15, 0.2) is 0 Å². The van der Waals surface area contributed by atoms with Gasteiger partial charge in [-0.1, -0.05) is 74.0 Å². The van der Waals surface area contributed by atoms with Gasteiger partial charge >= 0.3 is 6.09 Å². The van der Waals surface area contributed by atoms with Crippen LogP contribution in [0.15, 0.2) is 66.7 Å². The van der Waals surface area contributed by atoms with Crippen molar-refractivity contribution in [2.24, 2.45) is 5.92 Å². The highest BCUT2D eigenvalue weighted by Crippen LogP contribution is 2.29. The molecule has 7 heteroatoms. The molecule has 3 amide bonds. The van der Waals surface area contributed by atoms with Crippen LogP contribution >= 0.6 is 0 Å². The molecule has 0 aliphatic rings. The number of fused-ring (bicyclic) bond motifs is 1. The number of nitrogens with zero attached hydrogens (tertiary/aromatic N) is 1. The molecule has 39 heavy (non-hydrogen) atoms. The van der Waals surface area contributed by atoms with Gasteiger partial charge in [0, 0.05) is 11.7 Å². The number of amides is 3. The van der Waals surface area contributed by atoms with Gasteiger partial charge in [0.25, 0.3) is 5.91 Å². The minimum atomic E-state index is -0.925. The number of ether oxygens (including phenoxy) is 1. The fraction of sp³-hybridized carbons (Fsp3) is 0.406. The van der Waals surface area contributed by atoms with Crippen molar-refractivity contribution in [2.45, 2.75) is 79.1 Å². The molecular formula is C32H41N3O4. The Labute approximate surface area is 231 Å². The average molecular weight is 532 g/mol. The zero-order valence-electron chi connectivity index (χ0n) is 24.2. The molecule has 0 aliphatic heterocycles. The number of anilines is 1. The van der Waals surface area contributed by atoms with E-state index in [1.807, 2.05) is 101 Å². The summed E-state index contributed by atoms with van der Waals surface area (Å²) < 4.78 is 5.43. The quantitative estimate of drug-likeness (QED) is 0.342.